The first kappa shape index (κ1) is 14.8. The Labute approximate surface area is 130 Å². The Bertz CT molecular complexity index is 673. The Morgan fingerprint density at radius 2 is 2.18 bits per heavy atom. The van der Waals surface area contributed by atoms with Crippen LogP contribution in [0, 0.1) is 19.8 Å². The summed E-state index contributed by atoms with van der Waals surface area (Å²) >= 11 is 0. The normalized spacial score (nSPS) is 14.6. The number of rotatable bonds is 5. The molecule has 0 saturated carbocycles. The average molecular weight is 298 g/mol. The molecule has 0 unspecified atom stereocenters. The lowest BCUT2D eigenvalue weighted by atomic mass is 10.0. The number of carbonyl (C=O) groups is 1. The number of amides is 1. The molecule has 1 aliphatic heterocycles. The Morgan fingerprint density at radius 3 is 2.82 bits per heavy atom. The Kier molecular flexibility index (Phi) is 4.24. The molecule has 2 aromatic rings. The molecule has 1 saturated heterocycles. The van der Waals surface area contributed by atoms with Gasteiger partial charge in [-0.05, 0) is 37.6 Å². The summed E-state index contributed by atoms with van der Waals surface area (Å²) in [7, 11) is 0. The number of aryl methyl sites for hydroxylation is 2. The van der Waals surface area contributed by atoms with Crippen molar-refractivity contribution in [1.82, 2.24) is 20.4 Å². The molecule has 1 aliphatic rings. The minimum absolute atomic E-state index is 0.00196. The van der Waals surface area contributed by atoms with Crippen molar-refractivity contribution >= 4 is 5.91 Å². The van der Waals surface area contributed by atoms with E-state index >= 15 is 0 Å². The van der Waals surface area contributed by atoms with Crippen LogP contribution in [-0.2, 0) is 6.54 Å². The Hall–Kier alpha value is -2.14. The van der Waals surface area contributed by atoms with Crippen LogP contribution in [0.25, 0.3) is 0 Å². The first-order chi connectivity index (χ1) is 10.6. The van der Waals surface area contributed by atoms with Crippen molar-refractivity contribution in [3.8, 4) is 0 Å². The van der Waals surface area contributed by atoms with Crippen LogP contribution in [0.2, 0.25) is 0 Å². The molecule has 1 fully saturated rings. The minimum Gasteiger partial charge on any atom is -0.352 e. The molecule has 0 radical (unpaired) electrons. The molecule has 0 bridgehead atoms. The number of nitrogens with zero attached hydrogens (tertiary/aromatic N) is 2. The van der Waals surface area contributed by atoms with Crippen LogP contribution >= 0.6 is 0 Å². The molecule has 22 heavy (non-hydrogen) atoms. The van der Waals surface area contributed by atoms with Gasteiger partial charge >= 0.3 is 0 Å². The van der Waals surface area contributed by atoms with Crippen molar-refractivity contribution in [3.63, 3.8) is 0 Å². The van der Waals surface area contributed by atoms with Gasteiger partial charge in [0.25, 0.3) is 5.91 Å². The summed E-state index contributed by atoms with van der Waals surface area (Å²) in [4.78, 5) is 12.2. The first-order valence-corrected chi connectivity index (χ1v) is 7.71. The van der Waals surface area contributed by atoms with Gasteiger partial charge in [0, 0.05) is 36.8 Å². The smallest absolute Gasteiger partial charge is 0.251 e. The van der Waals surface area contributed by atoms with Gasteiger partial charge in [0.1, 0.15) is 0 Å². The van der Waals surface area contributed by atoms with Gasteiger partial charge < -0.3 is 10.6 Å². The van der Waals surface area contributed by atoms with Gasteiger partial charge in [-0.15, -0.1) is 0 Å². The van der Waals surface area contributed by atoms with Gasteiger partial charge in [-0.3, -0.25) is 9.48 Å². The molecule has 116 valence electrons. The standard InChI is InChI=1S/C17H22N4O/c1-12-6-13(2)21(20-12)11-14-4-3-5-16(7-14)17(22)19-10-15-8-18-9-15/h3-7,15,18H,8-11H2,1-2H3,(H,19,22). The van der Waals surface area contributed by atoms with Crippen molar-refractivity contribution < 1.29 is 4.79 Å². The van der Waals surface area contributed by atoms with E-state index in [1.54, 1.807) is 0 Å². The van der Waals surface area contributed by atoms with E-state index in [1.165, 1.54) is 0 Å². The molecule has 5 nitrogen and oxygen atoms in total. The molecule has 0 atom stereocenters. The highest BCUT2D eigenvalue weighted by Crippen LogP contribution is 2.10. The third-order valence-corrected chi connectivity index (χ3v) is 4.04. The number of aromatic nitrogens is 2. The van der Waals surface area contributed by atoms with Crippen LogP contribution in [0.15, 0.2) is 30.3 Å². The van der Waals surface area contributed by atoms with Gasteiger partial charge in [-0.2, -0.15) is 5.10 Å². The summed E-state index contributed by atoms with van der Waals surface area (Å²) in [5.74, 6) is 0.573. The lowest BCUT2D eigenvalue weighted by molar-refractivity contribution is 0.0942. The molecule has 0 aliphatic carbocycles. The van der Waals surface area contributed by atoms with E-state index in [0.717, 1.165) is 36.6 Å². The fourth-order valence-corrected chi connectivity index (χ4v) is 2.65. The van der Waals surface area contributed by atoms with Crippen LogP contribution < -0.4 is 10.6 Å². The van der Waals surface area contributed by atoms with Gasteiger partial charge in [0.05, 0.1) is 12.2 Å². The predicted octanol–water partition coefficient (Wildman–Crippen LogP) is 1.50. The van der Waals surface area contributed by atoms with Crippen LogP contribution in [0.4, 0.5) is 0 Å². The van der Waals surface area contributed by atoms with E-state index in [2.05, 4.69) is 21.8 Å². The monoisotopic (exact) mass is 298 g/mol. The van der Waals surface area contributed by atoms with Crippen LogP contribution in [0.5, 0.6) is 0 Å². The molecule has 2 heterocycles. The van der Waals surface area contributed by atoms with Crippen molar-refractivity contribution in [2.24, 2.45) is 5.92 Å². The number of benzene rings is 1. The third kappa shape index (κ3) is 3.36. The van der Waals surface area contributed by atoms with E-state index in [0.29, 0.717) is 18.0 Å². The quantitative estimate of drug-likeness (QED) is 0.879. The molecule has 5 heteroatoms. The highest BCUT2D eigenvalue weighted by molar-refractivity contribution is 5.94. The first-order valence-electron chi connectivity index (χ1n) is 7.71. The highest BCUT2D eigenvalue weighted by atomic mass is 16.1. The van der Waals surface area contributed by atoms with E-state index in [9.17, 15) is 4.79 Å². The average Bonchev–Trinajstić information content (AvgIpc) is 2.75. The maximum Gasteiger partial charge on any atom is 0.251 e. The van der Waals surface area contributed by atoms with E-state index in [1.807, 2.05) is 42.8 Å². The highest BCUT2D eigenvalue weighted by Gasteiger charge is 2.17. The summed E-state index contributed by atoms with van der Waals surface area (Å²) in [6.45, 7) is 7.46. The van der Waals surface area contributed by atoms with E-state index in [-0.39, 0.29) is 5.91 Å². The van der Waals surface area contributed by atoms with Gasteiger partial charge in [0.2, 0.25) is 0 Å². The van der Waals surface area contributed by atoms with Crippen molar-refractivity contribution in [2.75, 3.05) is 19.6 Å². The van der Waals surface area contributed by atoms with Gasteiger partial charge in [-0.25, -0.2) is 0 Å². The zero-order valence-electron chi connectivity index (χ0n) is 13.1. The molecular weight excluding hydrogens is 276 g/mol. The lowest BCUT2D eigenvalue weighted by Crippen LogP contribution is -2.48. The fraction of sp³-hybridized carbons (Fsp3) is 0.412. The molecule has 2 N–H and O–H groups in total. The van der Waals surface area contributed by atoms with Crippen LogP contribution in [0.3, 0.4) is 0 Å². The maximum absolute atomic E-state index is 12.2. The minimum atomic E-state index is 0.00196. The van der Waals surface area contributed by atoms with Crippen molar-refractivity contribution in [1.29, 1.82) is 0 Å². The largest absolute Gasteiger partial charge is 0.352 e. The summed E-state index contributed by atoms with van der Waals surface area (Å²) < 4.78 is 1.96. The van der Waals surface area contributed by atoms with Crippen molar-refractivity contribution in [3.05, 3.63) is 52.8 Å². The zero-order valence-corrected chi connectivity index (χ0v) is 13.1. The van der Waals surface area contributed by atoms with Crippen LogP contribution in [0.1, 0.15) is 27.3 Å². The molecule has 1 amide bonds. The SMILES string of the molecule is Cc1cc(C)n(Cc2cccc(C(=O)NCC3CNC3)c2)n1. The summed E-state index contributed by atoms with van der Waals surface area (Å²) in [5.41, 5.74) is 3.95. The fourth-order valence-electron chi connectivity index (χ4n) is 2.65. The molecule has 1 aromatic carbocycles. The van der Waals surface area contributed by atoms with Crippen molar-refractivity contribution in [2.45, 2.75) is 20.4 Å². The Balaban J connectivity index is 1.66. The second-order valence-electron chi connectivity index (χ2n) is 6.02. The third-order valence-electron chi connectivity index (χ3n) is 4.04. The predicted molar refractivity (Wildman–Crippen MR) is 85.9 cm³/mol. The van der Waals surface area contributed by atoms with Crippen LogP contribution in [-0.4, -0.2) is 35.3 Å². The summed E-state index contributed by atoms with van der Waals surface area (Å²) in [6, 6.07) is 9.83. The number of hydrogen-bond acceptors (Lipinski definition) is 3. The molecule has 3 rings (SSSR count). The Morgan fingerprint density at radius 1 is 1.36 bits per heavy atom. The maximum atomic E-state index is 12.2. The van der Waals surface area contributed by atoms with Gasteiger partial charge in [0.15, 0.2) is 0 Å². The summed E-state index contributed by atoms with van der Waals surface area (Å²) in [6.07, 6.45) is 0. The number of nitrogens with one attached hydrogen (secondary N) is 2. The van der Waals surface area contributed by atoms with E-state index < -0.39 is 0 Å². The molecular formula is C17H22N4O. The zero-order chi connectivity index (χ0) is 15.5. The van der Waals surface area contributed by atoms with E-state index in [4.69, 9.17) is 0 Å². The number of carbonyl (C=O) groups excluding carboxylic acids is 1. The second-order valence-corrected chi connectivity index (χ2v) is 6.02. The van der Waals surface area contributed by atoms with Gasteiger partial charge in [-0.1, -0.05) is 12.1 Å². The molecule has 1 aromatic heterocycles. The topological polar surface area (TPSA) is 59.0 Å². The molecule has 0 spiro atoms. The second kappa shape index (κ2) is 6.32. The number of hydrogen-bond donors (Lipinski definition) is 2. The summed E-state index contributed by atoms with van der Waals surface area (Å²) in [5, 5.41) is 10.7. The lowest BCUT2D eigenvalue weighted by Gasteiger charge is -2.27.